The molecular formula is C20H26F5N3O. The number of likely N-dealkylation sites (tertiary alicyclic amines) is 1. The maximum atomic E-state index is 13.3. The van der Waals surface area contributed by atoms with Crippen LogP contribution in [0.2, 0.25) is 0 Å². The number of amides is 1. The number of alkyl halides is 5. The van der Waals surface area contributed by atoms with E-state index < -0.39 is 17.7 Å². The van der Waals surface area contributed by atoms with Gasteiger partial charge in [0.15, 0.2) is 0 Å². The van der Waals surface area contributed by atoms with Crippen molar-refractivity contribution in [3.8, 4) is 0 Å². The fraction of sp³-hybridized carbons (Fsp3) is 0.700. The summed E-state index contributed by atoms with van der Waals surface area (Å²) in [5.41, 5.74) is -0.729. The molecule has 1 saturated carbocycles. The number of rotatable bonds is 4. The first-order valence-corrected chi connectivity index (χ1v) is 9.96. The SMILES string of the molecule is CN(CC1CCN(C(=O)C2CCC(F)(F)CC2)CC1)c1cc(C(F)(F)F)ccn1. The lowest BCUT2D eigenvalue weighted by atomic mass is 9.85. The number of halogens is 5. The number of carbonyl (C=O) groups is 1. The molecule has 1 aromatic rings. The van der Waals surface area contributed by atoms with Crippen molar-refractivity contribution in [1.29, 1.82) is 0 Å². The van der Waals surface area contributed by atoms with Crippen LogP contribution in [0.25, 0.3) is 0 Å². The van der Waals surface area contributed by atoms with E-state index in [4.69, 9.17) is 0 Å². The van der Waals surface area contributed by atoms with Crippen LogP contribution in [0, 0.1) is 11.8 Å². The highest BCUT2D eigenvalue weighted by Gasteiger charge is 2.39. The van der Waals surface area contributed by atoms with Gasteiger partial charge in [0.1, 0.15) is 5.82 Å². The molecule has 2 heterocycles. The van der Waals surface area contributed by atoms with Crippen LogP contribution in [0.1, 0.15) is 44.1 Å². The highest BCUT2D eigenvalue weighted by molar-refractivity contribution is 5.79. The molecule has 1 aromatic heterocycles. The van der Waals surface area contributed by atoms with E-state index in [1.165, 1.54) is 0 Å². The zero-order valence-corrected chi connectivity index (χ0v) is 16.4. The van der Waals surface area contributed by atoms with Gasteiger partial charge in [0.2, 0.25) is 11.8 Å². The first-order valence-electron chi connectivity index (χ1n) is 9.96. The number of aromatic nitrogens is 1. The minimum atomic E-state index is -4.41. The lowest BCUT2D eigenvalue weighted by molar-refractivity contribution is -0.141. The third-order valence-corrected chi connectivity index (χ3v) is 5.99. The summed E-state index contributed by atoms with van der Waals surface area (Å²) < 4.78 is 65.2. The quantitative estimate of drug-likeness (QED) is 0.670. The van der Waals surface area contributed by atoms with Gasteiger partial charge in [0.25, 0.3) is 0 Å². The molecule has 3 rings (SSSR count). The second-order valence-electron chi connectivity index (χ2n) is 8.18. The predicted molar refractivity (Wildman–Crippen MR) is 98.7 cm³/mol. The standard InChI is InChI=1S/C20H26F5N3O/c1-27(17-12-16(4-9-26-17)20(23,24)25)13-14-5-10-28(11-6-14)18(29)15-2-7-19(21,22)8-3-15/h4,9,12,14-15H,2-3,5-8,10-11,13H2,1H3. The Kier molecular flexibility index (Phi) is 6.33. The van der Waals surface area contributed by atoms with Gasteiger partial charge >= 0.3 is 6.18 Å². The Labute approximate surface area is 167 Å². The zero-order valence-electron chi connectivity index (χ0n) is 16.4. The average Bonchev–Trinajstić information content (AvgIpc) is 2.67. The molecule has 0 bridgehead atoms. The fourth-order valence-corrected chi connectivity index (χ4v) is 4.17. The van der Waals surface area contributed by atoms with Crippen molar-refractivity contribution in [1.82, 2.24) is 9.88 Å². The summed E-state index contributed by atoms with van der Waals surface area (Å²) in [6, 6.07) is 1.99. The molecule has 162 valence electrons. The van der Waals surface area contributed by atoms with Crippen LogP contribution in [-0.2, 0) is 11.0 Å². The molecule has 0 radical (unpaired) electrons. The van der Waals surface area contributed by atoms with Crippen molar-refractivity contribution in [2.45, 2.75) is 50.6 Å². The minimum absolute atomic E-state index is 0.0353. The lowest BCUT2D eigenvalue weighted by Crippen LogP contribution is -2.45. The molecule has 2 aliphatic rings. The van der Waals surface area contributed by atoms with Crippen molar-refractivity contribution in [2.24, 2.45) is 11.8 Å². The number of carbonyl (C=O) groups excluding carboxylic acids is 1. The van der Waals surface area contributed by atoms with E-state index in [0.29, 0.717) is 19.6 Å². The summed E-state index contributed by atoms with van der Waals surface area (Å²) in [6.07, 6.45) is -1.78. The molecule has 0 N–H and O–H groups in total. The van der Waals surface area contributed by atoms with E-state index in [-0.39, 0.29) is 49.2 Å². The number of nitrogens with zero attached hydrogens (tertiary/aromatic N) is 3. The molecular weight excluding hydrogens is 393 g/mol. The number of anilines is 1. The van der Waals surface area contributed by atoms with Crippen molar-refractivity contribution in [3.05, 3.63) is 23.9 Å². The summed E-state index contributed by atoms with van der Waals surface area (Å²) in [5, 5.41) is 0. The van der Waals surface area contributed by atoms with Gasteiger partial charge in [-0.05, 0) is 43.7 Å². The van der Waals surface area contributed by atoms with Gasteiger partial charge in [-0.25, -0.2) is 13.8 Å². The van der Waals surface area contributed by atoms with Gasteiger partial charge in [-0.15, -0.1) is 0 Å². The van der Waals surface area contributed by atoms with Crippen molar-refractivity contribution in [2.75, 3.05) is 31.6 Å². The molecule has 0 unspecified atom stereocenters. The summed E-state index contributed by atoms with van der Waals surface area (Å²) in [5.74, 6) is -2.50. The summed E-state index contributed by atoms with van der Waals surface area (Å²) in [4.78, 5) is 20.1. The summed E-state index contributed by atoms with van der Waals surface area (Å²) in [7, 11) is 1.71. The summed E-state index contributed by atoms with van der Waals surface area (Å²) >= 11 is 0. The molecule has 4 nitrogen and oxygen atoms in total. The van der Waals surface area contributed by atoms with E-state index in [9.17, 15) is 26.7 Å². The Morgan fingerprint density at radius 3 is 2.41 bits per heavy atom. The topological polar surface area (TPSA) is 36.4 Å². The maximum Gasteiger partial charge on any atom is 0.416 e. The highest BCUT2D eigenvalue weighted by Crippen LogP contribution is 2.37. The lowest BCUT2D eigenvalue weighted by Gasteiger charge is -2.37. The first kappa shape index (κ1) is 21.8. The molecule has 2 fully saturated rings. The smallest absolute Gasteiger partial charge is 0.359 e. The zero-order chi connectivity index (χ0) is 21.2. The third kappa shape index (κ3) is 5.57. The van der Waals surface area contributed by atoms with Crippen LogP contribution in [0.3, 0.4) is 0 Å². The van der Waals surface area contributed by atoms with E-state index in [0.717, 1.165) is 31.2 Å². The van der Waals surface area contributed by atoms with E-state index >= 15 is 0 Å². The van der Waals surface area contributed by atoms with Crippen molar-refractivity contribution >= 4 is 11.7 Å². The van der Waals surface area contributed by atoms with Crippen LogP contribution in [0.4, 0.5) is 27.8 Å². The largest absolute Gasteiger partial charge is 0.416 e. The van der Waals surface area contributed by atoms with Gasteiger partial charge in [0, 0.05) is 51.6 Å². The Morgan fingerprint density at radius 2 is 1.83 bits per heavy atom. The Morgan fingerprint density at radius 1 is 1.21 bits per heavy atom. The Hall–Kier alpha value is -1.93. The van der Waals surface area contributed by atoms with Crippen LogP contribution < -0.4 is 4.90 Å². The first-order chi connectivity index (χ1) is 13.5. The summed E-state index contributed by atoms with van der Waals surface area (Å²) in [6.45, 7) is 1.66. The van der Waals surface area contributed by atoms with Crippen LogP contribution >= 0.6 is 0 Å². The van der Waals surface area contributed by atoms with Gasteiger partial charge in [-0.3, -0.25) is 4.79 Å². The Bertz CT molecular complexity index is 706. The number of pyridine rings is 1. The van der Waals surface area contributed by atoms with Crippen molar-refractivity contribution in [3.63, 3.8) is 0 Å². The maximum absolute atomic E-state index is 13.3. The molecule has 0 atom stereocenters. The normalized spacial score (nSPS) is 21.2. The van der Waals surface area contributed by atoms with E-state index in [2.05, 4.69) is 4.98 Å². The number of hydrogen-bond donors (Lipinski definition) is 0. The van der Waals surface area contributed by atoms with Gasteiger partial charge in [-0.2, -0.15) is 13.2 Å². The molecule has 1 saturated heterocycles. The monoisotopic (exact) mass is 419 g/mol. The van der Waals surface area contributed by atoms with Gasteiger partial charge in [-0.1, -0.05) is 0 Å². The second kappa shape index (κ2) is 8.44. The van der Waals surface area contributed by atoms with Crippen LogP contribution in [0.15, 0.2) is 18.3 Å². The van der Waals surface area contributed by atoms with Crippen molar-refractivity contribution < 1.29 is 26.7 Å². The molecule has 9 heteroatoms. The minimum Gasteiger partial charge on any atom is -0.359 e. The molecule has 0 spiro atoms. The molecule has 1 amide bonds. The Balaban J connectivity index is 1.49. The third-order valence-electron chi connectivity index (χ3n) is 5.99. The van der Waals surface area contributed by atoms with Crippen LogP contribution in [0.5, 0.6) is 0 Å². The molecule has 1 aliphatic carbocycles. The number of piperidine rings is 1. The average molecular weight is 419 g/mol. The van der Waals surface area contributed by atoms with E-state index in [1.54, 1.807) is 16.8 Å². The van der Waals surface area contributed by atoms with E-state index in [1.807, 2.05) is 0 Å². The number of hydrogen-bond acceptors (Lipinski definition) is 3. The van der Waals surface area contributed by atoms with Gasteiger partial charge < -0.3 is 9.80 Å². The highest BCUT2D eigenvalue weighted by atomic mass is 19.4. The molecule has 1 aliphatic heterocycles. The molecule has 29 heavy (non-hydrogen) atoms. The predicted octanol–water partition coefficient (Wildman–Crippen LogP) is 4.60. The fourth-order valence-electron chi connectivity index (χ4n) is 4.17. The van der Waals surface area contributed by atoms with Gasteiger partial charge in [0.05, 0.1) is 5.56 Å². The molecule has 0 aromatic carbocycles. The second-order valence-corrected chi connectivity index (χ2v) is 8.18. The van der Waals surface area contributed by atoms with Crippen LogP contribution in [-0.4, -0.2) is 48.4 Å².